The number of anilines is 1. The molecule has 3 aliphatic heterocycles. The summed E-state index contributed by atoms with van der Waals surface area (Å²) in [6.45, 7) is 3.78. The number of benzene rings is 3. The van der Waals surface area contributed by atoms with Gasteiger partial charge in [-0.25, -0.2) is 14.9 Å². The van der Waals surface area contributed by atoms with Gasteiger partial charge in [0.25, 0.3) is 5.91 Å². The van der Waals surface area contributed by atoms with E-state index in [1.54, 1.807) is 0 Å². The lowest BCUT2D eigenvalue weighted by atomic mass is 9.89. The molecule has 0 saturated carbocycles. The fraction of sp³-hybridized carbons (Fsp3) is 0.280. The van der Waals surface area contributed by atoms with Crippen LogP contribution in [-0.2, 0) is 9.59 Å². The molecule has 0 N–H and O–H groups in total. The van der Waals surface area contributed by atoms with E-state index in [2.05, 4.69) is 41.2 Å². The normalized spacial score (nSPS) is 26.6. The number of hydrazine groups is 1. The van der Waals surface area contributed by atoms with Crippen LogP contribution in [-0.4, -0.2) is 41.0 Å². The van der Waals surface area contributed by atoms with Crippen molar-refractivity contribution in [3.05, 3.63) is 77.9 Å². The zero-order chi connectivity index (χ0) is 20.4. The van der Waals surface area contributed by atoms with Crippen molar-refractivity contribution in [2.24, 2.45) is 5.92 Å². The van der Waals surface area contributed by atoms with Crippen LogP contribution in [0.25, 0.3) is 10.8 Å². The number of carbonyl (C=O) groups is 2. The Kier molecular flexibility index (Phi) is 3.85. The van der Waals surface area contributed by atoms with E-state index in [1.165, 1.54) is 10.5 Å². The van der Waals surface area contributed by atoms with Crippen LogP contribution in [0.1, 0.15) is 23.6 Å². The van der Waals surface area contributed by atoms with E-state index < -0.39 is 6.04 Å². The lowest BCUT2D eigenvalue weighted by Crippen LogP contribution is -2.44. The van der Waals surface area contributed by atoms with Crippen LogP contribution in [0, 0.1) is 12.8 Å². The van der Waals surface area contributed by atoms with Gasteiger partial charge in [0.05, 0.1) is 17.6 Å². The molecule has 5 nitrogen and oxygen atoms in total. The molecule has 5 heteroatoms. The summed E-state index contributed by atoms with van der Waals surface area (Å²) in [4.78, 5) is 28.9. The van der Waals surface area contributed by atoms with Crippen molar-refractivity contribution >= 4 is 28.3 Å². The van der Waals surface area contributed by atoms with Gasteiger partial charge in [-0.05, 0) is 30.4 Å². The molecule has 3 aromatic rings. The number of hydrogen-bond acceptors (Lipinski definition) is 4. The van der Waals surface area contributed by atoms with Gasteiger partial charge in [0, 0.05) is 18.5 Å². The van der Waals surface area contributed by atoms with Crippen LogP contribution in [0.5, 0.6) is 0 Å². The van der Waals surface area contributed by atoms with E-state index in [0.717, 1.165) is 35.8 Å². The van der Waals surface area contributed by atoms with Crippen LogP contribution < -0.4 is 4.90 Å². The Labute approximate surface area is 175 Å². The first-order valence-corrected chi connectivity index (χ1v) is 10.6. The van der Waals surface area contributed by atoms with Gasteiger partial charge in [0.1, 0.15) is 6.04 Å². The lowest BCUT2D eigenvalue weighted by Gasteiger charge is -2.30. The molecule has 0 bridgehead atoms. The molecule has 0 unspecified atom stereocenters. The number of rotatable bonds is 2. The summed E-state index contributed by atoms with van der Waals surface area (Å²) < 4.78 is 0. The molecule has 0 spiro atoms. The maximum absolute atomic E-state index is 13.8. The summed E-state index contributed by atoms with van der Waals surface area (Å²) in [6.07, 6.45) is 1.02. The molecule has 3 aliphatic rings. The summed E-state index contributed by atoms with van der Waals surface area (Å²) in [5, 5.41) is 6.38. The molecular weight excluding hydrogens is 374 g/mol. The minimum absolute atomic E-state index is 0.0821. The Hall–Kier alpha value is -3.02. The number of carbonyl (C=O) groups excluding carboxylic acids is 2. The summed E-state index contributed by atoms with van der Waals surface area (Å²) in [6, 6.07) is 21.7. The fourth-order valence-corrected chi connectivity index (χ4v) is 5.52. The van der Waals surface area contributed by atoms with Crippen LogP contribution in [0.4, 0.5) is 5.69 Å². The van der Waals surface area contributed by atoms with Gasteiger partial charge in [-0.1, -0.05) is 66.2 Å². The number of aryl methyl sites for hydroxylation is 1. The van der Waals surface area contributed by atoms with Crippen molar-refractivity contribution in [3.8, 4) is 0 Å². The highest BCUT2D eigenvalue weighted by molar-refractivity contribution is 6.26. The number of hydrogen-bond donors (Lipinski definition) is 0. The molecule has 150 valence electrons. The van der Waals surface area contributed by atoms with Crippen molar-refractivity contribution < 1.29 is 9.59 Å². The second-order valence-electron chi connectivity index (χ2n) is 8.52. The molecule has 3 atom stereocenters. The van der Waals surface area contributed by atoms with E-state index in [0.29, 0.717) is 5.69 Å². The minimum Gasteiger partial charge on any atom is -0.274 e. The molecule has 3 heterocycles. The van der Waals surface area contributed by atoms with Gasteiger partial charge in [-0.15, -0.1) is 0 Å². The van der Waals surface area contributed by atoms with E-state index in [4.69, 9.17) is 0 Å². The predicted octanol–water partition coefficient (Wildman–Crippen LogP) is 3.68. The zero-order valence-electron chi connectivity index (χ0n) is 16.9. The standard InChI is InChI=1S/C25H23N3O2/c1-16-10-12-18(13-11-16)22-21-23(27-15-5-14-26(22)27)25(30)28(24(21)29)20-9-4-7-17-6-2-3-8-19(17)20/h2-4,6-13,21-23H,5,14-15H2,1H3/t21-,22+,23+/m1/s1. The van der Waals surface area contributed by atoms with Gasteiger partial charge in [-0.2, -0.15) is 0 Å². The highest BCUT2D eigenvalue weighted by atomic mass is 16.2. The van der Waals surface area contributed by atoms with E-state index in [1.807, 2.05) is 42.5 Å². The van der Waals surface area contributed by atoms with E-state index >= 15 is 0 Å². The smallest absolute Gasteiger partial charge is 0.253 e. The molecule has 0 aliphatic carbocycles. The predicted molar refractivity (Wildman–Crippen MR) is 116 cm³/mol. The Morgan fingerprint density at radius 3 is 2.27 bits per heavy atom. The molecule has 0 radical (unpaired) electrons. The fourth-order valence-electron chi connectivity index (χ4n) is 5.52. The van der Waals surface area contributed by atoms with Crippen molar-refractivity contribution in [2.75, 3.05) is 18.0 Å². The third-order valence-electron chi connectivity index (χ3n) is 6.83. The average Bonchev–Trinajstić information content (AvgIpc) is 3.41. The third-order valence-corrected chi connectivity index (χ3v) is 6.83. The Morgan fingerprint density at radius 2 is 1.47 bits per heavy atom. The molecule has 30 heavy (non-hydrogen) atoms. The van der Waals surface area contributed by atoms with Crippen LogP contribution >= 0.6 is 0 Å². The molecule has 0 aromatic heterocycles. The van der Waals surface area contributed by atoms with Crippen molar-refractivity contribution in [2.45, 2.75) is 25.4 Å². The van der Waals surface area contributed by atoms with E-state index in [-0.39, 0.29) is 23.8 Å². The summed E-state index contributed by atoms with van der Waals surface area (Å²) in [7, 11) is 0. The quantitative estimate of drug-likeness (QED) is 0.619. The average molecular weight is 397 g/mol. The second-order valence-corrected chi connectivity index (χ2v) is 8.52. The highest BCUT2D eigenvalue weighted by Crippen LogP contribution is 2.49. The van der Waals surface area contributed by atoms with Crippen LogP contribution in [0.3, 0.4) is 0 Å². The van der Waals surface area contributed by atoms with Gasteiger partial charge < -0.3 is 0 Å². The summed E-state index contributed by atoms with van der Waals surface area (Å²) >= 11 is 0. The highest BCUT2D eigenvalue weighted by Gasteiger charge is 2.62. The van der Waals surface area contributed by atoms with Gasteiger partial charge in [-0.3, -0.25) is 9.59 Å². The van der Waals surface area contributed by atoms with Crippen molar-refractivity contribution in [1.29, 1.82) is 0 Å². The van der Waals surface area contributed by atoms with Gasteiger partial charge >= 0.3 is 0 Å². The first-order chi connectivity index (χ1) is 14.6. The molecular formula is C25H23N3O2. The second kappa shape index (κ2) is 6.49. The first-order valence-electron chi connectivity index (χ1n) is 10.6. The van der Waals surface area contributed by atoms with Crippen LogP contribution in [0.15, 0.2) is 66.7 Å². The van der Waals surface area contributed by atoms with Gasteiger partial charge in [0.15, 0.2) is 0 Å². The van der Waals surface area contributed by atoms with Crippen molar-refractivity contribution in [3.63, 3.8) is 0 Å². The summed E-state index contributed by atoms with van der Waals surface area (Å²) in [5.74, 6) is -0.552. The lowest BCUT2D eigenvalue weighted by molar-refractivity contribution is -0.126. The zero-order valence-corrected chi connectivity index (χ0v) is 16.9. The molecule has 6 rings (SSSR count). The largest absolute Gasteiger partial charge is 0.274 e. The monoisotopic (exact) mass is 397 g/mol. The molecule has 3 fully saturated rings. The molecule has 3 aromatic carbocycles. The van der Waals surface area contributed by atoms with Crippen molar-refractivity contribution in [1.82, 2.24) is 10.0 Å². The minimum atomic E-state index is -0.412. The maximum Gasteiger partial charge on any atom is 0.253 e. The number of amides is 2. The number of imide groups is 1. The Morgan fingerprint density at radius 1 is 0.767 bits per heavy atom. The van der Waals surface area contributed by atoms with Gasteiger partial charge in [0.2, 0.25) is 5.91 Å². The number of fused-ring (bicyclic) bond motifs is 4. The van der Waals surface area contributed by atoms with Crippen LogP contribution in [0.2, 0.25) is 0 Å². The SMILES string of the molecule is Cc1ccc([C@H]2[C@H]3C(=O)N(c4cccc5ccccc45)C(=O)[C@H]3N3CCCN23)cc1. The first kappa shape index (κ1) is 17.8. The molecule has 2 amide bonds. The number of nitrogens with zero attached hydrogens (tertiary/aromatic N) is 3. The Bertz CT molecular complexity index is 1170. The topological polar surface area (TPSA) is 43.9 Å². The summed E-state index contributed by atoms with van der Waals surface area (Å²) in [5.41, 5.74) is 3.00. The molecule has 3 saturated heterocycles. The Balaban J connectivity index is 1.48. The van der Waals surface area contributed by atoms with E-state index in [9.17, 15) is 9.59 Å². The maximum atomic E-state index is 13.8. The third kappa shape index (κ3) is 2.36.